The molecule has 6 heteroatoms. The molecule has 0 aliphatic heterocycles. The van der Waals surface area contributed by atoms with Gasteiger partial charge >= 0.3 is 5.97 Å². The zero-order valence-corrected chi connectivity index (χ0v) is 23.5. The molecular formula is C29H39NO4Si. The van der Waals surface area contributed by atoms with E-state index in [9.17, 15) is 4.79 Å². The molecule has 3 aromatic rings. The number of aromatic nitrogens is 1. The second kappa shape index (κ2) is 10.7. The lowest BCUT2D eigenvalue weighted by Crippen LogP contribution is -2.52. The normalized spacial score (nSPS) is 11.9. The summed E-state index contributed by atoms with van der Waals surface area (Å²) in [5.41, 5.74) is 5.74. The summed E-state index contributed by atoms with van der Waals surface area (Å²) in [5, 5.41) is 0. The molecule has 1 aromatic heterocycles. The highest BCUT2D eigenvalue weighted by atomic mass is 28.3. The van der Waals surface area contributed by atoms with E-state index in [0.717, 1.165) is 33.8 Å². The number of methoxy groups -OCH3 is 3. The fraction of sp³-hybridized carbons (Fsp3) is 0.414. The predicted molar refractivity (Wildman–Crippen MR) is 146 cm³/mol. The number of hydrogen-bond acceptors (Lipinski definition) is 4. The molecule has 1 heterocycles. The molecule has 0 aliphatic rings. The van der Waals surface area contributed by atoms with Crippen molar-refractivity contribution in [3.05, 3.63) is 60.4 Å². The topological polar surface area (TPSA) is 49.7 Å². The highest BCUT2D eigenvalue weighted by Crippen LogP contribution is 2.47. The van der Waals surface area contributed by atoms with Crippen LogP contribution in [0.25, 0.3) is 22.3 Å². The molecule has 0 saturated carbocycles. The quantitative estimate of drug-likeness (QED) is 0.227. The van der Waals surface area contributed by atoms with Gasteiger partial charge in [0.05, 0.1) is 21.3 Å². The summed E-state index contributed by atoms with van der Waals surface area (Å²) < 4.78 is 18.6. The van der Waals surface area contributed by atoms with E-state index in [1.807, 2.05) is 36.4 Å². The first-order valence-corrected chi connectivity index (χ1v) is 14.4. The maximum atomic E-state index is 13.5. The van der Waals surface area contributed by atoms with Crippen molar-refractivity contribution in [3.8, 4) is 33.8 Å². The lowest BCUT2D eigenvalue weighted by Gasteiger charge is -2.44. The molecule has 188 valence electrons. The van der Waals surface area contributed by atoms with E-state index in [4.69, 9.17) is 14.2 Å². The summed E-state index contributed by atoms with van der Waals surface area (Å²) in [4.78, 5) is 13.5. The van der Waals surface area contributed by atoms with Gasteiger partial charge in [-0.2, -0.15) is 0 Å². The summed E-state index contributed by atoms with van der Waals surface area (Å²) >= 11 is 0. The summed E-state index contributed by atoms with van der Waals surface area (Å²) in [6, 6.07) is 15.9. The van der Waals surface area contributed by atoms with Crippen LogP contribution in [0.15, 0.2) is 54.7 Å². The Morgan fingerprint density at radius 3 is 1.51 bits per heavy atom. The molecule has 0 atom stereocenters. The standard InChI is InChI=1S/C29H39NO4Si/c1-19(2)35(20(3)4,21(5)6)30-18-26(22-10-14-24(32-7)15-11-22)27(28(30)29(31)34-9)23-12-16-25(33-8)17-13-23/h10-21H,1-9H3. The minimum atomic E-state index is -2.27. The molecule has 35 heavy (non-hydrogen) atoms. The molecule has 5 nitrogen and oxygen atoms in total. The molecule has 0 saturated heterocycles. The van der Waals surface area contributed by atoms with Gasteiger partial charge in [-0.1, -0.05) is 65.8 Å². The third kappa shape index (κ3) is 4.64. The van der Waals surface area contributed by atoms with Crippen molar-refractivity contribution in [1.82, 2.24) is 4.23 Å². The van der Waals surface area contributed by atoms with Crippen molar-refractivity contribution in [2.75, 3.05) is 21.3 Å². The van der Waals surface area contributed by atoms with Gasteiger partial charge in [-0.15, -0.1) is 0 Å². The van der Waals surface area contributed by atoms with Crippen molar-refractivity contribution < 1.29 is 19.0 Å². The predicted octanol–water partition coefficient (Wildman–Crippen LogP) is 7.65. The number of hydrogen-bond donors (Lipinski definition) is 0. The molecule has 0 spiro atoms. The summed E-state index contributed by atoms with van der Waals surface area (Å²) in [6.45, 7) is 13.8. The average molecular weight is 494 g/mol. The Morgan fingerprint density at radius 1 is 0.714 bits per heavy atom. The third-order valence-corrected chi connectivity index (χ3v) is 14.1. The molecule has 0 amide bonds. The van der Waals surface area contributed by atoms with E-state index in [2.05, 4.69) is 64.1 Å². The van der Waals surface area contributed by atoms with E-state index in [1.54, 1.807) is 14.2 Å². The van der Waals surface area contributed by atoms with Crippen LogP contribution < -0.4 is 9.47 Å². The van der Waals surface area contributed by atoms with E-state index < -0.39 is 8.24 Å². The van der Waals surface area contributed by atoms with Gasteiger partial charge in [0, 0.05) is 17.3 Å². The lowest BCUT2D eigenvalue weighted by molar-refractivity contribution is 0.0593. The van der Waals surface area contributed by atoms with Crippen molar-refractivity contribution in [2.24, 2.45) is 0 Å². The van der Waals surface area contributed by atoms with Gasteiger partial charge in [-0.3, -0.25) is 0 Å². The van der Waals surface area contributed by atoms with Crippen molar-refractivity contribution in [3.63, 3.8) is 0 Å². The Labute approximate surface area is 211 Å². The Hall–Kier alpha value is -2.99. The summed E-state index contributed by atoms with van der Waals surface area (Å²) in [7, 11) is 2.51. The molecule has 2 aromatic carbocycles. The van der Waals surface area contributed by atoms with Crippen molar-refractivity contribution in [1.29, 1.82) is 0 Å². The van der Waals surface area contributed by atoms with Gasteiger partial charge in [-0.05, 0) is 52.0 Å². The van der Waals surface area contributed by atoms with Gasteiger partial charge in [-0.25, -0.2) is 4.79 Å². The maximum absolute atomic E-state index is 13.5. The molecule has 3 rings (SSSR count). The van der Waals surface area contributed by atoms with Crippen LogP contribution in [0.1, 0.15) is 52.0 Å². The SMILES string of the molecule is COC(=O)c1c(-c2ccc(OC)cc2)c(-c2ccc(OC)cc2)cn1[Si](C(C)C)(C(C)C)C(C)C. The minimum absolute atomic E-state index is 0.311. The fourth-order valence-corrected chi connectivity index (χ4v) is 12.6. The van der Waals surface area contributed by atoms with Crippen LogP contribution in [0, 0.1) is 0 Å². The number of rotatable bonds is 9. The molecule has 0 unspecified atom stereocenters. The van der Waals surface area contributed by atoms with Crippen molar-refractivity contribution >= 4 is 14.2 Å². The smallest absolute Gasteiger partial charge is 0.354 e. The molecule has 0 N–H and O–H groups in total. The van der Waals surface area contributed by atoms with Gasteiger partial charge < -0.3 is 18.4 Å². The maximum Gasteiger partial charge on any atom is 0.354 e. The van der Waals surface area contributed by atoms with Crippen LogP contribution in [0.2, 0.25) is 16.6 Å². The number of carbonyl (C=O) groups excluding carboxylic acids is 1. The van der Waals surface area contributed by atoms with Crippen LogP contribution in [0.5, 0.6) is 11.5 Å². The number of esters is 1. The van der Waals surface area contributed by atoms with E-state index in [0.29, 0.717) is 22.3 Å². The second-order valence-corrected chi connectivity index (χ2v) is 15.7. The molecule has 0 aliphatic carbocycles. The average Bonchev–Trinajstić information content (AvgIpc) is 3.23. The van der Waals surface area contributed by atoms with E-state index in [-0.39, 0.29) is 5.97 Å². The third-order valence-electron chi connectivity index (χ3n) is 7.36. The lowest BCUT2D eigenvalue weighted by atomic mass is 9.96. The minimum Gasteiger partial charge on any atom is -0.497 e. The number of carbonyl (C=O) groups is 1. The van der Waals surface area contributed by atoms with Crippen LogP contribution in [-0.4, -0.2) is 39.8 Å². The molecular weight excluding hydrogens is 454 g/mol. The molecule has 0 radical (unpaired) electrons. The first-order valence-electron chi connectivity index (χ1n) is 12.3. The Morgan fingerprint density at radius 2 is 1.14 bits per heavy atom. The van der Waals surface area contributed by atoms with Gasteiger partial charge in [0.25, 0.3) is 0 Å². The summed E-state index contributed by atoms with van der Waals surface area (Å²) in [5.74, 6) is 1.26. The highest BCUT2D eigenvalue weighted by molar-refractivity contribution is 6.82. The largest absolute Gasteiger partial charge is 0.497 e. The zero-order chi connectivity index (χ0) is 25.9. The van der Waals surface area contributed by atoms with Gasteiger partial charge in [0.1, 0.15) is 17.2 Å². The van der Waals surface area contributed by atoms with E-state index >= 15 is 0 Å². The number of benzene rings is 2. The fourth-order valence-electron chi connectivity index (χ4n) is 5.98. The first kappa shape index (κ1) is 26.6. The van der Waals surface area contributed by atoms with Crippen molar-refractivity contribution in [2.45, 2.75) is 58.2 Å². The van der Waals surface area contributed by atoms with Crippen LogP contribution in [-0.2, 0) is 4.74 Å². The zero-order valence-electron chi connectivity index (χ0n) is 22.5. The Bertz CT molecular complexity index is 1120. The molecule has 0 fully saturated rings. The van der Waals surface area contributed by atoms with Crippen LogP contribution in [0.3, 0.4) is 0 Å². The Kier molecular flexibility index (Phi) is 8.16. The van der Waals surface area contributed by atoms with Crippen LogP contribution >= 0.6 is 0 Å². The molecule has 0 bridgehead atoms. The first-order chi connectivity index (χ1) is 16.6. The highest BCUT2D eigenvalue weighted by Gasteiger charge is 2.48. The van der Waals surface area contributed by atoms with E-state index in [1.165, 1.54) is 7.11 Å². The van der Waals surface area contributed by atoms with Gasteiger partial charge in [0.2, 0.25) is 0 Å². The number of nitrogens with zero attached hydrogens (tertiary/aromatic N) is 1. The monoisotopic (exact) mass is 493 g/mol. The Balaban J connectivity index is 2.48. The summed E-state index contributed by atoms with van der Waals surface area (Å²) in [6.07, 6.45) is 2.21. The number of ether oxygens (including phenoxy) is 3. The second-order valence-electron chi connectivity index (χ2n) is 9.94. The van der Waals surface area contributed by atoms with Crippen LogP contribution in [0.4, 0.5) is 0 Å². The van der Waals surface area contributed by atoms with Gasteiger partial charge in [0.15, 0.2) is 8.24 Å².